The van der Waals surface area contributed by atoms with E-state index in [1.165, 1.54) is 12.1 Å². The Morgan fingerprint density at radius 3 is 2.17 bits per heavy atom. The molecule has 0 saturated carbocycles. The first-order valence-corrected chi connectivity index (χ1v) is 7.51. The topological polar surface area (TPSA) is 4.93 Å². The van der Waals surface area contributed by atoms with Gasteiger partial charge in [-0.3, -0.25) is 0 Å². The standard InChI is InChI=1S/C20H15F2N/c1-12-3-8-19-16(9-12)17-10-13(2)18(22)11-20(17)23(19)15-6-4-14(21)5-7-15/h3-11H,1-2H3. The molecule has 1 aromatic heterocycles. The second kappa shape index (κ2) is 4.92. The van der Waals surface area contributed by atoms with Crippen molar-refractivity contribution >= 4 is 21.8 Å². The second-order valence-electron chi connectivity index (χ2n) is 5.95. The van der Waals surface area contributed by atoms with E-state index >= 15 is 0 Å². The quantitative estimate of drug-likeness (QED) is 0.426. The average molecular weight is 307 g/mol. The van der Waals surface area contributed by atoms with Crippen LogP contribution in [0.3, 0.4) is 0 Å². The van der Waals surface area contributed by atoms with Gasteiger partial charge in [-0.25, -0.2) is 8.78 Å². The van der Waals surface area contributed by atoms with Gasteiger partial charge in [0.2, 0.25) is 0 Å². The summed E-state index contributed by atoms with van der Waals surface area (Å²) in [6, 6.07) is 15.9. The molecule has 0 saturated heterocycles. The Hall–Kier alpha value is -2.68. The van der Waals surface area contributed by atoms with Crippen molar-refractivity contribution in [3.05, 3.63) is 77.4 Å². The third-order valence-corrected chi connectivity index (χ3v) is 4.29. The third-order valence-electron chi connectivity index (χ3n) is 4.29. The smallest absolute Gasteiger partial charge is 0.128 e. The fourth-order valence-electron chi connectivity index (χ4n) is 3.13. The largest absolute Gasteiger partial charge is 0.309 e. The number of aryl methyl sites for hydroxylation is 2. The molecular formula is C20H15F2N. The molecule has 0 aliphatic rings. The molecular weight excluding hydrogens is 292 g/mol. The molecule has 4 rings (SSSR count). The van der Waals surface area contributed by atoms with Crippen LogP contribution >= 0.6 is 0 Å². The molecule has 0 aliphatic carbocycles. The zero-order chi connectivity index (χ0) is 16.1. The van der Waals surface area contributed by atoms with Crippen molar-refractivity contribution in [1.29, 1.82) is 0 Å². The van der Waals surface area contributed by atoms with Crippen LogP contribution in [0.15, 0.2) is 54.6 Å². The number of rotatable bonds is 1. The zero-order valence-corrected chi connectivity index (χ0v) is 12.9. The van der Waals surface area contributed by atoms with Crippen molar-refractivity contribution in [2.75, 3.05) is 0 Å². The molecule has 0 unspecified atom stereocenters. The lowest BCUT2D eigenvalue weighted by Gasteiger charge is -2.08. The van der Waals surface area contributed by atoms with Crippen LogP contribution in [0.4, 0.5) is 8.78 Å². The Morgan fingerprint density at radius 2 is 1.43 bits per heavy atom. The van der Waals surface area contributed by atoms with Gasteiger partial charge in [-0.1, -0.05) is 11.6 Å². The van der Waals surface area contributed by atoms with E-state index in [0.717, 1.165) is 33.1 Å². The fourth-order valence-corrected chi connectivity index (χ4v) is 3.13. The van der Waals surface area contributed by atoms with Crippen molar-refractivity contribution in [1.82, 2.24) is 4.57 Å². The number of hydrogen-bond acceptors (Lipinski definition) is 0. The van der Waals surface area contributed by atoms with Gasteiger partial charge in [0.25, 0.3) is 0 Å². The van der Waals surface area contributed by atoms with Crippen molar-refractivity contribution in [3.8, 4) is 5.69 Å². The van der Waals surface area contributed by atoms with Gasteiger partial charge in [0.05, 0.1) is 11.0 Å². The second-order valence-corrected chi connectivity index (χ2v) is 5.95. The summed E-state index contributed by atoms with van der Waals surface area (Å²) in [5.74, 6) is -0.521. The summed E-state index contributed by atoms with van der Waals surface area (Å²) in [6.07, 6.45) is 0. The molecule has 3 aromatic carbocycles. The van der Waals surface area contributed by atoms with E-state index < -0.39 is 0 Å². The predicted molar refractivity (Wildman–Crippen MR) is 90.2 cm³/mol. The minimum atomic E-state index is -0.285. The lowest BCUT2D eigenvalue weighted by molar-refractivity contribution is 0.620. The molecule has 0 radical (unpaired) electrons. The first-order valence-electron chi connectivity index (χ1n) is 7.51. The van der Waals surface area contributed by atoms with Gasteiger partial charge < -0.3 is 4.57 Å². The minimum Gasteiger partial charge on any atom is -0.309 e. The number of nitrogens with zero attached hydrogens (tertiary/aromatic N) is 1. The molecule has 3 heteroatoms. The normalized spacial score (nSPS) is 11.5. The lowest BCUT2D eigenvalue weighted by atomic mass is 10.1. The van der Waals surface area contributed by atoms with Crippen LogP contribution in [0.1, 0.15) is 11.1 Å². The number of aromatic nitrogens is 1. The van der Waals surface area contributed by atoms with Crippen molar-refractivity contribution in [3.63, 3.8) is 0 Å². The highest BCUT2D eigenvalue weighted by Gasteiger charge is 2.14. The van der Waals surface area contributed by atoms with E-state index in [4.69, 9.17) is 0 Å². The summed E-state index contributed by atoms with van der Waals surface area (Å²) in [4.78, 5) is 0. The molecule has 1 nitrogen and oxygen atoms in total. The maximum absolute atomic E-state index is 14.1. The predicted octanol–water partition coefficient (Wildman–Crippen LogP) is 5.68. The molecule has 114 valence electrons. The maximum Gasteiger partial charge on any atom is 0.128 e. The lowest BCUT2D eigenvalue weighted by Crippen LogP contribution is -1.94. The summed E-state index contributed by atoms with van der Waals surface area (Å²) < 4.78 is 29.4. The van der Waals surface area contributed by atoms with Crippen molar-refractivity contribution in [2.45, 2.75) is 13.8 Å². The molecule has 4 aromatic rings. The highest BCUT2D eigenvalue weighted by Crippen LogP contribution is 2.34. The summed E-state index contributed by atoms with van der Waals surface area (Å²) in [5, 5.41) is 2.08. The van der Waals surface area contributed by atoms with Crippen LogP contribution in [0.2, 0.25) is 0 Å². The molecule has 0 bridgehead atoms. The maximum atomic E-state index is 14.1. The molecule has 0 amide bonds. The summed E-state index contributed by atoms with van der Waals surface area (Å²) >= 11 is 0. The fraction of sp³-hybridized carbons (Fsp3) is 0.100. The van der Waals surface area contributed by atoms with Gasteiger partial charge in [0.15, 0.2) is 0 Å². The minimum absolute atomic E-state index is 0.236. The summed E-state index contributed by atoms with van der Waals surface area (Å²) in [5.41, 5.74) is 4.37. The Labute approximate surface area is 132 Å². The monoisotopic (exact) mass is 307 g/mol. The Kier molecular flexibility index (Phi) is 2.98. The van der Waals surface area contributed by atoms with Crippen molar-refractivity contribution < 1.29 is 8.78 Å². The SMILES string of the molecule is Cc1ccc2c(c1)c1cc(C)c(F)cc1n2-c1ccc(F)cc1. The summed E-state index contributed by atoms with van der Waals surface area (Å²) in [6.45, 7) is 3.81. The van der Waals surface area contributed by atoms with E-state index in [1.54, 1.807) is 25.1 Å². The Balaban J connectivity index is 2.19. The van der Waals surface area contributed by atoms with Crippen LogP contribution in [0.5, 0.6) is 0 Å². The van der Waals surface area contributed by atoms with Crippen LogP contribution in [0, 0.1) is 25.5 Å². The van der Waals surface area contributed by atoms with E-state index in [2.05, 4.69) is 6.07 Å². The number of hydrogen-bond donors (Lipinski definition) is 0. The first kappa shape index (κ1) is 13.9. The molecule has 0 aliphatic heterocycles. The van der Waals surface area contributed by atoms with Crippen LogP contribution in [-0.2, 0) is 0 Å². The van der Waals surface area contributed by atoms with Gasteiger partial charge in [-0.15, -0.1) is 0 Å². The first-order chi connectivity index (χ1) is 11.0. The van der Waals surface area contributed by atoms with Crippen LogP contribution in [0.25, 0.3) is 27.5 Å². The molecule has 0 spiro atoms. The van der Waals surface area contributed by atoms with Gasteiger partial charge in [-0.2, -0.15) is 0 Å². The van der Waals surface area contributed by atoms with E-state index in [0.29, 0.717) is 5.56 Å². The summed E-state index contributed by atoms with van der Waals surface area (Å²) in [7, 11) is 0. The zero-order valence-electron chi connectivity index (χ0n) is 12.9. The van der Waals surface area contributed by atoms with Crippen LogP contribution < -0.4 is 0 Å². The van der Waals surface area contributed by atoms with Crippen LogP contribution in [-0.4, -0.2) is 4.57 Å². The highest BCUT2D eigenvalue weighted by atomic mass is 19.1. The average Bonchev–Trinajstić information content (AvgIpc) is 2.82. The van der Waals surface area contributed by atoms with Gasteiger partial charge in [-0.05, 0) is 67.9 Å². The molecule has 0 atom stereocenters. The molecule has 1 heterocycles. The van der Waals surface area contributed by atoms with Crippen molar-refractivity contribution in [2.24, 2.45) is 0 Å². The van der Waals surface area contributed by atoms with E-state index in [1.807, 2.05) is 29.7 Å². The van der Waals surface area contributed by atoms with Gasteiger partial charge >= 0.3 is 0 Å². The third kappa shape index (κ3) is 2.12. The Bertz CT molecular complexity index is 1040. The molecule has 0 fully saturated rings. The Morgan fingerprint density at radius 1 is 0.739 bits per heavy atom. The number of benzene rings is 3. The molecule has 0 N–H and O–H groups in total. The number of halogens is 2. The number of fused-ring (bicyclic) bond motifs is 3. The van der Waals surface area contributed by atoms with Gasteiger partial charge in [0.1, 0.15) is 11.6 Å². The molecule has 23 heavy (non-hydrogen) atoms. The van der Waals surface area contributed by atoms with E-state index in [9.17, 15) is 8.78 Å². The van der Waals surface area contributed by atoms with E-state index in [-0.39, 0.29) is 11.6 Å². The van der Waals surface area contributed by atoms with Gasteiger partial charge in [0, 0.05) is 16.5 Å². The highest BCUT2D eigenvalue weighted by molar-refractivity contribution is 6.09.